The van der Waals surface area contributed by atoms with Crippen molar-refractivity contribution in [1.29, 1.82) is 0 Å². The Morgan fingerprint density at radius 2 is 2.14 bits per heavy atom. The zero-order valence-electron chi connectivity index (χ0n) is 8.44. The fraction of sp³-hybridized carbons (Fsp3) is 0.500. The fourth-order valence-corrected chi connectivity index (χ4v) is 2.16. The Hall–Kier alpha value is -0.860. The van der Waals surface area contributed by atoms with Crippen LogP contribution in [0, 0.1) is 0 Å². The van der Waals surface area contributed by atoms with E-state index in [1.165, 1.54) is 5.56 Å². The maximum Gasteiger partial charge on any atom is 0.0589 e. The maximum absolute atomic E-state index is 9.51. The van der Waals surface area contributed by atoms with E-state index in [-0.39, 0.29) is 18.1 Å². The summed E-state index contributed by atoms with van der Waals surface area (Å²) < 4.78 is 5.55. The monoisotopic (exact) mass is 192 g/mol. The standard InChI is InChI=1S/C12H16O2/c1-10-7-12(8-13,9-14-10)11-5-3-2-4-6-11/h2-6,10,13H,7-9H2,1H3. The normalized spacial score (nSPS) is 32.0. The minimum atomic E-state index is -0.166. The van der Waals surface area contributed by atoms with Crippen molar-refractivity contribution in [3.05, 3.63) is 35.9 Å². The molecule has 2 rings (SSSR count). The summed E-state index contributed by atoms with van der Waals surface area (Å²) in [7, 11) is 0. The molecule has 2 nitrogen and oxygen atoms in total. The van der Waals surface area contributed by atoms with E-state index >= 15 is 0 Å². The average molecular weight is 192 g/mol. The van der Waals surface area contributed by atoms with Gasteiger partial charge in [-0.1, -0.05) is 30.3 Å². The Morgan fingerprint density at radius 3 is 2.64 bits per heavy atom. The van der Waals surface area contributed by atoms with E-state index in [1.807, 2.05) is 18.2 Å². The third-order valence-corrected chi connectivity index (χ3v) is 3.01. The zero-order valence-corrected chi connectivity index (χ0v) is 8.44. The Morgan fingerprint density at radius 1 is 1.43 bits per heavy atom. The van der Waals surface area contributed by atoms with E-state index < -0.39 is 0 Å². The molecule has 0 bridgehead atoms. The minimum absolute atomic E-state index is 0.166. The van der Waals surface area contributed by atoms with Crippen LogP contribution in [0.4, 0.5) is 0 Å². The second-order valence-corrected chi connectivity index (χ2v) is 4.13. The van der Waals surface area contributed by atoms with E-state index in [4.69, 9.17) is 4.74 Å². The van der Waals surface area contributed by atoms with Crippen LogP contribution in [-0.4, -0.2) is 24.4 Å². The molecule has 2 heteroatoms. The first kappa shape index (κ1) is 9.69. The van der Waals surface area contributed by atoms with E-state index in [9.17, 15) is 5.11 Å². The topological polar surface area (TPSA) is 29.5 Å². The van der Waals surface area contributed by atoms with E-state index in [1.54, 1.807) is 0 Å². The Balaban J connectivity index is 2.30. The predicted molar refractivity (Wildman–Crippen MR) is 55.2 cm³/mol. The van der Waals surface area contributed by atoms with Gasteiger partial charge in [-0.05, 0) is 18.9 Å². The number of benzene rings is 1. The first-order valence-electron chi connectivity index (χ1n) is 5.05. The molecular formula is C12H16O2. The van der Waals surface area contributed by atoms with E-state index in [0.29, 0.717) is 6.61 Å². The van der Waals surface area contributed by atoms with Crippen LogP contribution in [0.3, 0.4) is 0 Å². The van der Waals surface area contributed by atoms with Crippen molar-refractivity contribution in [2.75, 3.05) is 13.2 Å². The summed E-state index contributed by atoms with van der Waals surface area (Å²) >= 11 is 0. The SMILES string of the molecule is CC1CC(CO)(c2ccccc2)CO1. The molecule has 1 saturated heterocycles. The summed E-state index contributed by atoms with van der Waals surface area (Å²) in [6.45, 7) is 2.86. The Kier molecular flexibility index (Phi) is 2.57. The van der Waals surface area contributed by atoms with Gasteiger partial charge < -0.3 is 9.84 Å². The smallest absolute Gasteiger partial charge is 0.0589 e. The number of rotatable bonds is 2. The van der Waals surface area contributed by atoms with Gasteiger partial charge in [-0.3, -0.25) is 0 Å². The molecule has 76 valence electrons. The molecule has 2 unspecified atom stereocenters. The highest BCUT2D eigenvalue weighted by atomic mass is 16.5. The van der Waals surface area contributed by atoms with Gasteiger partial charge in [0.15, 0.2) is 0 Å². The zero-order chi connectivity index (χ0) is 10.0. The highest BCUT2D eigenvalue weighted by Gasteiger charge is 2.39. The third kappa shape index (κ3) is 1.56. The van der Waals surface area contributed by atoms with Gasteiger partial charge in [-0.15, -0.1) is 0 Å². The van der Waals surface area contributed by atoms with Gasteiger partial charge >= 0.3 is 0 Å². The summed E-state index contributed by atoms with van der Waals surface area (Å²) in [6, 6.07) is 10.1. The lowest BCUT2D eigenvalue weighted by molar-refractivity contribution is 0.104. The molecule has 0 aromatic heterocycles. The molecule has 1 aliphatic heterocycles. The summed E-state index contributed by atoms with van der Waals surface area (Å²) in [5.74, 6) is 0. The van der Waals surface area contributed by atoms with E-state index in [2.05, 4.69) is 19.1 Å². The van der Waals surface area contributed by atoms with Crippen LogP contribution < -0.4 is 0 Å². The molecule has 0 amide bonds. The minimum Gasteiger partial charge on any atom is -0.395 e. The number of hydrogen-bond donors (Lipinski definition) is 1. The third-order valence-electron chi connectivity index (χ3n) is 3.01. The predicted octanol–water partition coefficient (Wildman–Crippen LogP) is 1.73. The molecule has 0 spiro atoms. The van der Waals surface area contributed by atoms with Crippen molar-refractivity contribution in [1.82, 2.24) is 0 Å². The summed E-state index contributed by atoms with van der Waals surface area (Å²) in [6.07, 6.45) is 1.16. The van der Waals surface area contributed by atoms with Crippen LogP contribution in [0.15, 0.2) is 30.3 Å². The van der Waals surface area contributed by atoms with Crippen LogP contribution in [0.1, 0.15) is 18.9 Å². The lowest BCUT2D eigenvalue weighted by Gasteiger charge is -2.25. The second kappa shape index (κ2) is 3.71. The lowest BCUT2D eigenvalue weighted by Crippen LogP contribution is -2.31. The molecule has 1 aromatic rings. The molecule has 0 aliphatic carbocycles. The van der Waals surface area contributed by atoms with Crippen molar-refractivity contribution >= 4 is 0 Å². The van der Waals surface area contributed by atoms with Gasteiger partial charge in [-0.25, -0.2) is 0 Å². The van der Waals surface area contributed by atoms with Crippen molar-refractivity contribution in [2.45, 2.75) is 24.9 Å². The van der Waals surface area contributed by atoms with Crippen molar-refractivity contribution in [3.63, 3.8) is 0 Å². The molecule has 0 radical (unpaired) electrons. The summed E-state index contributed by atoms with van der Waals surface area (Å²) in [4.78, 5) is 0. The van der Waals surface area contributed by atoms with Crippen molar-refractivity contribution in [3.8, 4) is 0 Å². The van der Waals surface area contributed by atoms with Crippen LogP contribution in [0.25, 0.3) is 0 Å². The maximum atomic E-state index is 9.51. The molecule has 2 atom stereocenters. The van der Waals surface area contributed by atoms with Crippen molar-refractivity contribution < 1.29 is 9.84 Å². The first-order chi connectivity index (χ1) is 6.77. The van der Waals surface area contributed by atoms with E-state index in [0.717, 1.165) is 6.42 Å². The first-order valence-corrected chi connectivity index (χ1v) is 5.05. The van der Waals surface area contributed by atoms with Crippen LogP contribution >= 0.6 is 0 Å². The molecule has 1 aromatic carbocycles. The largest absolute Gasteiger partial charge is 0.395 e. The number of ether oxygens (including phenoxy) is 1. The molecule has 14 heavy (non-hydrogen) atoms. The molecule has 1 aliphatic rings. The van der Waals surface area contributed by atoms with Gasteiger partial charge in [0.05, 0.1) is 19.3 Å². The highest BCUT2D eigenvalue weighted by molar-refractivity contribution is 5.27. The van der Waals surface area contributed by atoms with Crippen LogP contribution in [-0.2, 0) is 10.2 Å². The van der Waals surface area contributed by atoms with Crippen molar-refractivity contribution in [2.24, 2.45) is 0 Å². The van der Waals surface area contributed by atoms with Gasteiger partial charge in [0, 0.05) is 5.41 Å². The van der Waals surface area contributed by atoms with Gasteiger partial charge in [0.25, 0.3) is 0 Å². The molecule has 0 saturated carbocycles. The van der Waals surface area contributed by atoms with Crippen LogP contribution in [0.2, 0.25) is 0 Å². The van der Waals surface area contributed by atoms with Crippen LogP contribution in [0.5, 0.6) is 0 Å². The highest BCUT2D eigenvalue weighted by Crippen LogP contribution is 2.35. The second-order valence-electron chi connectivity index (χ2n) is 4.13. The van der Waals surface area contributed by atoms with Gasteiger partial charge in [0.1, 0.15) is 0 Å². The summed E-state index contributed by atoms with van der Waals surface area (Å²) in [5.41, 5.74) is 1.02. The number of aliphatic hydroxyl groups excluding tert-OH is 1. The molecular weight excluding hydrogens is 176 g/mol. The quantitative estimate of drug-likeness (QED) is 0.773. The Bertz CT molecular complexity index is 296. The molecule has 1 fully saturated rings. The van der Waals surface area contributed by atoms with Gasteiger partial charge in [-0.2, -0.15) is 0 Å². The summed E-state index contributed by atoms with van der Waals surface area (Å²) in [5, 5.41) is 9.51. The average Bonchev–Trinajstić information content (AvgIpc) is 2.63. The number of hydrogen-bond acceptors (Lipinski definition) is 2. The molecule has 1 N–H and O–H groups in total. The van der Waals surface area contributed by atoms with Gasteiger partial charge in [0.2, 0.25) is 0 Å². The lowest BCUT2D eigenvalue weighted by atomic mass is 9.79. The number of aliphatic hydroxyl groups is 1. The molecule has 1 heterocycles. The fourth-order valence-electron chi connectivity index (χ4n) is 2.16. The Labute approximate surface area is 84.5 Å².